The SMILES string of the molecule is C=CCn1c(SCC(=O)Nc2sc3c(c2C(=O)OC)CCCCC3)nnc1C(C)Oc1cc(Cl)ccc1Cl. The highest BCUT2D eigenvalue weighted by molar-refractivity contribution is 7.99. The van der Waals surface area contributed by atoms with Gasteiger partial charge in [-0.3, -0.25) is 9.36 Å². The lowest BCUT2D eigenvalue weighted by atomic mass is 10.1. The number of aromatic nitrogens is 3. The van der Waals surface area contributed by atoms with Crippen molar-refractivity contribution in [2.75, 3.05) is 18.2 Å². The van der Waals surface area contributed by atoms with Crippen molar-refractivity contribution >= 4 is 63.2 Å². The van der Waals surface area contributed by atoms with Crippen molar-refractivity contribution < 1.29 is 19.1 Å². The number of methoxy groups -OCH3 is 1. The summed E-state index contributed by atoms with van der Waals surface area (Å²) < 4.78 is 12.9. The van der Waals surface area contributed by atoms with Gasteiger partial charge in [-0.2, -0.15) is 0 Å². The molecule has 8 nitrogen and oxygen atoms in total. The second-order valence-electron chi connectivity index (χ2n) is 8.67. The summed E-state index contributed by atoms with van der Waals surface area (Å²) in [5.74, 6) is 0.397. The van der Waals surface area contributed by atoms with E-state index < -0.39 is 12.1 Å². The fraction of sp³-hybridized carbons (Fsp3) is 0.385. The molecule has 0 aliphatic heterocycles. The maximum atomic E-state index is 12.9. The third-order valence-electron chi connectivity index (χ3n) is 6.01. The quantitative estimate of drug-likeness (QED) is 0.120. The van der Waals surface area contributed by atoms with E-state index in [1.165, 1.54) is 30.2 Å². The molecule has 2 heterocycles. The Labute approximate surface area is 239 Å². The van der Waals surface area contributed by atoms with E-state index in [1.54, 1.807) is 24.3 Å². The summed E-state index contributed by atoms with van der Waals surface area (Å²) in [7, 11) is 1.36. The minimum atomic E-state index is -0.495. The number of carbonyl (C=O) groups is 2. The summed E-state index contributed by atoms with van der Waals surface area (Å²) in [6.45, 7) is 6.08. The molecule has 0 radical (unpaired) electrons. The summed E-state index contributed by atoms with van der Waals surface area (Å²) in [4.78, 5) is 26.7. The number of ether oxygens (including phenoxy) is 2. The van der Waals surface area contributed by atoms with Crippen LogP contribution in [0.4, 0.5) is 5.00 Å². The third-order valence-corrected chi connectivity index (χ3v) is 8.74. The van der Waals surface area contributed by atoms with E-state index in [9.17, 15) is 9.59 Å². The number of allylic oxidation sites excluding steroid dienone is 1. The predicted octanol–water partition coefficient (Wildman–Crippen LogP) is 6.76. The number of nitrogens with zero attached hydrogens (tertiary/aromatic N) is 3. The third kappa shape index (κ3) is 6.54. The van der Waals surface area contributed by atoms with E-state index >= 15 is 0 Å². The number of anilines is 1. The summed E-state index contributed by atoms with van der Waals surface area (Å²) in [6, 6.07) is 4.99. The molecular formula is C26H28Cl2N4O4S2. The van der Waals surface area contributed by atoms with Crippen LogP contribution in [0.25, 0.3) is 0 Å². The Morgan fingerprint density at radius 3 is 2.82 bits per heavy atom. The van der Waals surface area contributed by atoms with E-state index in [0.717, 1.165) is 42.5 Å². The highest BCUT2D eigenvalue weighted by Crippen LogP contribution is 2.38. The van der Waals surface area contributed by atoms with Gasteiger partial charge < -0.3 is 14.8 Å². The molecule has 1 atom stereocenters. The van der Waals surface area contributed by atoms with Gasteiger partial charge in [0.25, 0.3) is 0 Å². The fourth-order valence-corrected chi connectivity index (χ4v) is 6.63. The maximum absolute atomic E-state index is 12.9. The number of nitrogens with one attached hydrogen (secondary N) is 1. The molecule has 4 rings (SSSR count). The zero-order valence-corrected chi connectivity index (χ0v) is 24.2. The Bertz CT molecular complexity index is 1340. The molecule has 1 N–H and O–H groups in total. The monoisotopic (exact) mass is 594 g/mol. The first-order valence-electron chi connectivity index (χ1n) is 12.1. The predicted molar refractivity (Wildman–Crippen MR) is 152 cm³/mol. The van der Waals surface area contributed by atoms with Crippen LogP contribution < -0.4 is 10.1 Å². The van der Waals surface area contributed by atoms with Gasteiger partial charge in [-0.05, 0) is 50.3 Å². The molecule has 202 valence electrons. The lowest BCUT2D eigenvalue weighted by Crippen LogP contribution is -2.17. The lowest BCUT2D eigenvalue weighted by Gasteiger charge is -2.16. The molecule has 1 unspecified atom stereocenters. The number of thioether (sulfide) groups is 1. The number of aryl methyl sites for hydroxylation is 1. The molecule has 0 saturated heterocycles. The van der Waals surface area contributed by atoms with Crippen LogP contribution in [0.3, 0.4) is 0 Å². The summed E-state index contributed by atoms with van der Waals surface area (Å²) in [5, 5.41) is 13.5. The van der Waals surface area contributed by atoms with Crippen LogP contribution >= 0.6 is 46.3 Å². The molecule has 0 spiro atoms. The van der Waals surface area contributed by atoms with E-state index in [1.807, 2.05) is 11.5 Å². The smallest absolute Gasteiger partial charge is 0.341 e. The minimum Gasteiger partial charge on any atom is -0.481 e. The molecule has 3 aromatic rings. The Morgan fingerprint density at radius 1 is 1.26 bits per heavy atom. The van der Waals surface area contributed by atoms with Gasteiger partial charge in [-0.15, -0.1) is 28.1 Å². The van der Waals surface area contributed by atoms with E-state index in [2.05, 4.69) is 22.1 Å². The number of halogens is 2. The van der Waals surface area contributed by atoms with E-state index in [-0.39, 0.29) is 11.7 Å². The van der Waals surface area contributed by atoms with Crippen LogP contribution in [0.1, 0.15) is 58.9 Å². The molecular weight excluding hydrogens is 567 g/mol. The van der Waals surface area contributed by atoms with Crippen molar-refractivity contribution in [3.63, 3.8) is 0 Å². The first-order valence-corrected chi connectivity index (χ1v) is 14.7. The van der Waals surface area contributed by atoms with Gasteiger partial charge in [0.1, 0.15) is 10.8 Å². The largest absolute Gasteiger partial charge is 0.481 e. The maximum Gasteiger partial charge on any atom is 0.341 e. The second-order valence-corrected chi connectivity index (χ2v) is 11.6. The van der Waals surface area contributed by atoms with Gasteiger partial charge >= 0.3 is 5.97 Å². The number of esters is 1. The number of benzene rings is 1. The van der Waals surface area contributed by atoms with Gasteiger partial charge in [-0.25, -0.2) is 4.79 Å². The summed E-state index contributed by atoms with van der Waals surface area (Å²) in [5.41, 5.74) is 1.49. The van der Waals surface area contributed by atoms with E-state index in [0.29, 0.717) is 43.9 Å². The molecule has 0 fully saturated rings. The molecule has 1 amide bonds. The van der Waals surface area contributed by atoms with Crippen molar-refractivity contribution in [3.05, 3.63) is 62.7 Å². The van der Waals surface area contributed by atoms with Crippen LogP contribution in [-0.4, -0.2) is 39.5 Å². The van der Waals surface area contributed by atoms with Crippen molar-refractivity contribution in [1.82, 2.24) is 14.8 Å². The van der Waals surface area contributed by atoms with Crippen LogP contribution in [0.5, 0.6) is 5.75 Å². The number of hydrogen-bond acceptors (Lipinski definition) is 8. The molecule has 1 aliphatic carbocycles. The average molecular weight is 596 g/mol. The van der Waals surface area contributed by atoms with Gasteiger partial charge in [0.2, 0.25) is 5.91 Å². The number of hydrogen-bond donors (Lipinski definition) is 1. The van der Waals surface area contributed by atoms with Gasteiger partial charge in [0.05, 0.1) is 23.4 Å². The molecule has 0 bridgehead atoms. The Balaban J connectivity index is 1.47. The highest BCUT2D eigenvalue weighted by atomic mass is 35.5. The van der Waals surface area contributed by atoms with E-state index in [4.69, 9.17) is 32.7 Å². The number of amides is 1. The number of fused-ring (bicyclic) bond motifs is 1. The van der Waals surface area contributed by atoms with Gasteiger partial charge in [0.15, 0.2) is 17.1 Å². The standard InChI is InChI=1S/C26H28Cl2N4O4S2/c1-4-12-32-23(15(2)36-19-13-16(27)10-11-18(19)28)30-31-26(32)37-14-21(33)29-24-22(25(34)35-3)17-8-6-5-7-9-20(17)38-24/h4,10-11,13,15H,1,5-9,12,14H2,2-3H3,(H,29,33). The molecule has 38 heavy (non-hydrogen) atoms. The molecule has 1 aliphatic rings. The van der Waals surface area contributed by atoms with Crippen molar-refractivity contribution in [2.24, 2.45) is 0 Å². The minimum absolute atomic E-state index is 0.0772. The second kappa shape index (κ2) is 13.0. The Kier molecular flexibility index (Phi) is 9.75. The van der Waals surface area contributed by atoms with Crippen LogP contribution in [0, 0.1) is 0 Å². The van der Waals surface area contributed by atoms with Crippen molar-refractivity contribution in [3.8, 4) is 5.75 Å². The normalized spacial score (nSPS) is 13.8. The highest BCUT2D eigenvalue weighted by Gasteiger charge is 2.27. The molecule has 12 heteroatoms. The fourth-order valence-electron chi connectivity index (χ4n) is 4.26. The van der Waals surface area contributed by atoms with Crippen molar-refractivity contribution in [2.45, 2.75) is 56.8 Å². The average Bonchev–Trinajstić information content (AvgIpc) is 3.37. The van der Waals surface area contributed by atoms with Crippen molar-refractivity contribution in [1.29, 1.82) is 0 Å². The Hall–Kier alpha value is -2.53. The van der Waals surface area contributed by atoms with Gasteiger partial charge in [0, 0.05) is 22.5 Å². The Morgan fingerprint density at radius 2 is 2.05 bits per heavy atom. The first kappa shape index (κ1) is 28.5. The summed E-state index contributed by atoms with van der Waals surface area (Å²) >= 11 is 15.0. The molecule has 0 saturated carbocycles. The summed E-state index contributed by atoms with van der Waals surface area (Å²) in [6.07, 6.45) is 6.16. The topological polar surface area (TPSA) is 95.3 Å². The van der Waals surface area contributed by atoms with Crippen LogP contribution in [0.2, 0.25) is 10.0 Å². The first-order chi connectivity index (χ1) is 18.3. The van der Waals surface area contributed by atoms with Gasteiger partial charge in [-0.1, -0.05) is 47.5 Å². The van der Waals surface area contributed by atoms with Crippen LogP contribution in [0.15, 0.2) is 36.0 Å². The number of thiophene rings is 1. The number of rotatable bonds is 10. The zero-order valence-electron chi connectivity index (χ0n) is 21.1. The molecule has 1 aromatic carbocycles. The lowest BCUT2D eigenvalue weighted by molar-refractivity contribution is -0.113. The molecule has 2 aromatic heterocycles. The van der Waals surface area contributed by atoms with Crippen LogP contribution in [-0.2, 0) is 28.9 Å². The zero-order chi connectivity index (χ0) is 27.2. The number of carbonyl (C=O) groups excluding carboxylic acids is 2.